The minimum absolute atomic E-state index is 0.173. The predicted molar refractivity (Wildman–Crippen MR) is 67.3 cm³/mol. The Labute approximate surface area is 113 Å². The summed E-state index contributed by atoms with van der Waals surface area (Å²) in [7, 11) is 0. The average molecular weight is 294 g/mol. The molecule has 0 saturated heterocycles. The largest absolute Gasteiger partial charge is 0.377 e. The molecule has 0 amide bonds. The van der Waals surface area contributed by atoms with Crippen molar-refractivity contribution in [3.63, 3.8) is 0 Å². The first-order valence-corrected chi connectivity index (χ1v) is 7.31. The van der Waals surface area contributed by atoms with Crippen LogP contribution in [0.15, 0.2) is 0 Å². The van der Waals surface area contributed by atoms with Crippen molar-refractivity contribution < 1.29 is 17.6 Å². The van der Waals surface area contributed by atoms with Crippen LogP contribution in [0.25, 0.3) is 0 Å². The molecular weight excluding hydrogens is 280 g/mol. The van der Waals surface area contributed by atoms with E-state index in [2.05, 4.69) is 10.3 Å². The smallest absolute Gasteiger partial charge is 0.253 e. The molecule has 1 heterocycles. The van der Waals surface area contributed by atoms with E-state index in [0.717, 1.165) is 25.7 Å². The second-order valence-electron chi connectivity index (χ2n) is 4.55. The van der Waals surface area contributed by atoms with Gasteiger partial charge in [-0.1, -0.05) is 0 Å². The van der Waals surface area contributed by atoms with Gasteiger partial charge in [-0.3, -0.25) is 0 Å². The normalized spacial score (nSPS) is 23.4. The number of nitrogens with zero attached hydrogens (tertiary/aromatic N) is 1. The van der Waals surface area contributed by atoms with Gasteiger partial charge in [-0.15, -0.1) is 0 Å². The van der Waals surface area contributed by atoms with E-state index in [9.17, 15) is 17.6 Å². The lowest BCUT2D eigenvalue weighted by Gasteiger charge is -2.28. The van der Waals surface area contributed by atoms with E-state index >= 15 is 0 Å². The molecule has 0 bridgehead atoms. The molecule has 0 aliphatic heterocycles. The number of aromatic nitrogens is 1. The highest BCUT2D eigenvalue weighted by Gasteiger charge is 2.25. The summed E-state index contributed by atoms with van der Waals surface area (Å²) in [6, 6.07) is -0.173. The second-order valence-corrected chi connectivity index (χ2v) is 5.69. The van der Waals surface area contributed by atoms with E-state index in [1.807, 2.05) is 6.26 Å². The van der Waals surface area contributed by atoms with Crippen molar-refractivity contribution in [2.45, 2.75) is 37.0 Å². The number of rotatable bonds is 3. The van der Waals surface area contributed by atoms with E-state index in [1.165, 1.54) is 0 Å². The van der Waals surface area contributed by atoms with E-state index in [0.29, 0.717) is 5.25 Å². The van der Waals surface area contributed by atoms with Crippen LogP contribution in [-0.4, -0.2) is 22.5 Å². The predicted octanol–water partition coefficient (Wildman–Crippen LogP) is 3.72. The van der Waals surface area contributed by atoms with Crippen LogP contribution in [0.3, 0.4) is 0 Å². The van der Waals surface area contributed by atoms with Gasteiger partial charge in [0.1, 0.15) is 5.69 Å². The molecule has 1 aliphatic carbocycles. The van der Waals surface area contributed by atoms with E-state index in [1.54, 1.807) is 11.8 Å². The summed E-state index contributed by atoms with van der Waals surface area (Å²) in [5.74, 6) is -6.19. The lowest BCUT2D eigenvalue weighted by Crippen LogP contribution is -2.28. The molecule has 2 nitrogen and oxygen atoms in total. The highest BCUT2D eigenvalue weighted by Crippen LogP contribution is 2.30. The van der Waals surface area contributed by atoms with Crippen molar-refractivity contribution in [1.29, 1.82) is 0 Å². The minimum atomic E-state index is -1.63. The maximum atomic E-state index is 13.4. The molecule has 1 aromatic rings. The van der Waals surface area contributed by atoms with E-state index < -0.39 is 29.2 Å². The summed E-state index contributed by atoms with van der Waals surface area (Å²) < 4.78 is 52.8. The Morgan fingerprint density at radius 2 is 1.53 bits per heavy atom. The van der Waals surface area contributed by atoms with Crippen molar-refractivity contribution in [3.05, 3.63) is 23.5 Å². The molecule has 0 aromatic carbocycles. The molecule has 0 unspecified atom stereocenters. The van der Waals surface area contributed by atoms with Gasteiger partial charge in [0.05, 0.1) is 0 Å². The first kappa shape index (κ1) is 14.4. The van der Waals surface area contributed by atoms with Crippen molar-refractivity contribution in [2.24, 2.45) is 0 Å². The van der Waals surface area contributed by atoms with Gasteiger partial charge in [0.2, 0.25) is 11.6 Å². The fourth-order valence-corrected chi connectivity index (χ4v) is 3.00. The summed E-state index contributed by atoms with van der Waals surface area (Å²) in [5.41, 5.74) is -0.752. The Hall–Kier alpha value is -0.980. The van der Waals surface area contributed by atoms with Gasteiger partial charge >= 0.3 is 0 Å². The number of nitrogens with one attached hydrogen (secondary N) is 1. The van der Waals surface area contributed by atoms with Crippen LogP contribution in [0.5, 0.6) is 0 Å². The summed E-state index contributed by atoms with van der Waals surface area (Å²) in [6.45, 7) is 0. The number of hydrogen-bond donors (Lipinski definition) is 1. The van der Waals surface area contributed by atoms with Crippen LogP contribution in [0.1, 0.15) is 25.7 Å². The Bertz CT molecular complexity index is 435. The van der Waals surface area contributed by atoms with Crippen molar-refractivity contribution in [1.82, 2.24) is 4.98 Å². The highest BCUT2D eigenvalue weighted by atomic mass is 32.2. The van der Waals surface area contributed by atoms with Crippen LogP contribution < -0.4 is 5.32 Å². The van der Waals surface area contributed by atoms with Crippen molar-refractivity contribution in [3.8, 4) is 0 Å². The average Bonchev–Trinajstić information content (AvgIpc) is 2.42. The fraction of sp³-hybridized carbons (Fsp3) is 0.583. The molecule has 106 valence electrons. The molecule has 19 heavy (non-hydrogen) atoms. The van der Waals surface area contributed by atoms with Crippen LogP contribution >= 0.6 is 11.8 Å². The second kappa shape index (κ2) is 5.98. The number of pyridine rings is 1. The first-order valence-electron chi connectivity index (χ1n) is 6.02. The van der Waals surface area contributed by atoms with Gasteiger partial charge in [-0.2, -0.15) is 34.3 Å². The van der Waals surface area contributed by atoms with Gasteiger partial charge < -0.3 is 5.32 Å². The SMILES string of the molecule is CSC1CCC(Nc2c(F)c(F)nc(F)c2F)CC1. The minimum Gasteiger partial charge on any atom is -0.377 e. The van der Waals surface area contributed by atoms with Gasteiger partial charge in [0.25, 0.3) is 11.9 Å². The summed E-state index contributed by atoms with van der Waals surface area (Å²) in [5, 5.41) is 3.10. The fourth-order valence-electron chi connectivity index (χ4n) is 2.26. The molecule has 1 N–H and O–H groups in total. The molecule has 1 aliphatic rings. The Morgan fingerprint density at radius 3 is 2.00 bits per heavy atom. The summed E-state index contributed by atoms with van der Waals surface area (Å²) in [6.07, 6.45) is 5.29. The molecule has 0 atom stereocenters. The van der Waals surface area contributed by atoms with Crippen LogP contribution in [-0.2, 0) is 0 Å². The lowest BCUT2D eigenvalue weighted by atomic mass is 9.95. The Kier molecular flexibility index (Phi) is 4.54. The molecule has 0 radical (unpaired) electrons. The maximum absolute atomic E-state index is 13.4. The number of hydrogen-bond acceptors (Lipinski definition) is 3. The Balaban J connectivity index is 2.12. The third-order valence-corrected chi connectivity index (χ3v) is 4.49. The molecular formula is C12H14F4N2S. The maximum Gasteiger partial charge on any atom is 0.253 e. The van der Waals surface area contributed by atoms with Crippen molar-refractivity contribution >= 4 is 17.4 Å². The van der Waals surface area contributed by atoms with Crippen LogP contribution in [0.4, 0.5) is 23.2 Å². The third kappa shape index (κ3) is 3.13. The Morgan fingerprint density at radius 1 is 1.00 bits per heavy atom. The van der Waals surface area contributed by atoms with Gasteiger partial charge in [-0.05, 0) is 31.9 Å². The molecule has 1 saturated carbocycles. The molecule has 2 rings (SSSR count). The van der Waals surface area contributed by atoms with Gasteiger partial charge in [0, 0.05) is 11.3 Å². The number of anilines is 1. The lowest BCUT2D eigenvalue weighted by molar-refractivity contribution is 0.405. The topological polar surface area (TPSA) is 24.9 Å². The van der Waals surface area contributed by atoms with E-state index in [4.69, 9.17) is 0 Å². The van der Waals surface area contributed by atoms with E-state index in [-0.39, 0.29) is 6.04 Å². The molecule has 7 heteroatoms. The van der Waals surface area contributed by atoms with Crippen LogP contribution in [0.2, 0.25) is 0 Å². The number of thioether (sulfide) groups is 1. The zero-order valence-corrected chi connectivity index (χ0v) is 11.2. The molecule has 1 fully saturated rings. The van der Waals surface area contributed by atoms with Crippen LogP contribution in [0, 0.1) is 23.5 Å². The highest BCUT2D eigenvalue weighted by molar-refractivity contribution is 7.99. The van der Waals surface area contributed by atoms with Crippen molar-refractivity contribution in [2.75, 3.05) is 11.6 Å². The zero-order chi connectivity index (χ0) is 14.0. The monoisotopic (exact) mass is 294 g/mol. The third-order valence-electron chi connectivity index (χ3n) is 3.35. The first-order chi connectivity index (χ1) is 9.02. The summed E-state index contributed by atoms with van der Waals surface area (Å²) >= 11 is 1.76. The standard InChI is InChI=1S/C12H14F4N2S/c1-19-7-4-2-6(3-5-7)17-10-8(13)11(15)18-12(16)9(10)14/h6-7H,2-5H2,1H3,(H,17,18). The molecule has 1 aromatic heterocycles. The molecule has 0 spiro atoms. The van der Waals surface area contributed by atoms with Gasteiger partial charge in [-0.25, -0.2) is 0 Å². The number of halogens is 4. The zero-order valence-electron chi connectivity index (χ0n) is 10.4. The van der Waals surface area contributed by atoms with Gasteiger partial charge in [0.15, 0.2) is 0 Å². The summed E-state index contributed by atoms with van der Waals surface area (Å²) in [4.78, 5) is 2.53. The quantitative estimate of drug-likeness (QED) is 0.679.